The molecule has 2 amide bonds. The van der Waals surface area contributed by atoms with E-state index in [4.69, 9.17) is 0 Å². The Hall–Kier alpha value is -1.85. The average molecular weight is 236 g/mol. The van der Waals surface area contributed by atoms with E-state index in [-0.39, 0.29) is 24.9 Å². The van der Waals surface area contributed by atoms with Crippen LogP contribution in [0.15, 0.2) is 6.07 Å². The summed E-state index contributed by atoms with van der Waals surface area (Å²) < 4.78 is 1.67. The first-order valence-corrected chi connectivity index (χ1v) is 5.62. The van der Waals surface area contributed by atoms with E-state index < -0.39 is 0 Å². The van der Waals surface area contributed by atoms with E-state index in [9.17, 15) is 9.59 Å². The molecule has 1 aliphatic heterocycles. The number of aromatic nitrogens is 2. The molecule has 0 aromatic carbocycles. The molecule has 1 aromatic heterocycles. The molecule has 1 N–H and O–H groups in total. The number of nitrogens with zero attached hydrogens (tertiary/aromatic N) is 3. The SMILES string of the molecule is Cc1cc(C)n(CC(=O)N2CCNC(=O)C2)n1. The van der Waals surface area contributed by atoms with Gasteiger partial charge in [-0.05, 0) is 19.9 Å². The Balaban J connectivity index is 2.01. The van der Waals surface area contributed by atoms with Gasteiger partial charge in [-0.25, -0.2) is 0 Å². The molecule has 6 nitrogen and oxygen atoms in total. The van der Waals surface area contributed by atoms with Crippen molar-refractivity contribution in [1.29, 1.82) is 0 Å². The number of aryl methyl sites for hydroxylation is 2. The predicted molar refractivity (Wildman–Crippen MR) is 61.3 cm³/mol. The third-order valence-electron chi connectivity index (χ3n) is 2.78. The van der Waals surface area contributed by atoms with Crippen molar-refractivity contribution in [3.63, 3.8) is 0 Å². The smallest absolute Gasteiger partial charge is 0.244 e. The molecular formula is C11H16N4O2. The van der Waals surface area contributed by atoms with Crippen LogP contribution in [0.4, 0.5) is 0 Å². The lowest BCUT2D eigenvalue weighted by molar-refractivity contribution is -0.138. The van der Waals surface area contributed by atoms with Crippen LogP contribution >= 0.6 is 0 Å². The van der Waals surface area contributed by atoms with E-state index in [1.165, 1.54) is 0 Å². The molecule has 17 heavy (non-hydrogen) atoms. The van der Waals surface area contributed by atoms with Crippen LogP contribution in [0, 0.1) is 13.8 Å². The normalized spacial score (nSPS) is 15.9. The van der Waals surface area contributed by atoms with Crippen molar-refractivity contribution < 1.29 is 9.59 Å². The summed E-state index contributed by atoms with van der Waals surface area (Å²) in [4.78, 5) is 24.7. The second kappa shape index (κ2) is 4.57. The van der Waals surface area contributed by atoms with Gasteiger partial charge in [-0.15, -0.1) is 0 Å². The van der Waals surface area contributed by atoms with Gasteiger partial charge in [0.1, 0.15) is 6.54 Å². The van der Waals surface area contributed by atoms with Crippen molar-refractivity contribution in [2.75, 3.05) is 19.6 Å². The fourth-order valence-electron chi connectivity index (χ4n) is 1.91. The summed E-state index contributed by atoms with van der Waals surface area (Å²) >= 11 is 0. The zero-order valence-electron chi connectivity index (χ0n) is 10.1. The molecule has 92 valence electrons. The van der Waals surface area contributed by atoms with Crippen LogP contribution in [0.5, 0.6) is 0 Å². The number of hydrogen-bond donors (Lipinski definition) is 1. The van der Waals surface area contributed by atoms with Crippen LogP contribution in [0.3, 0.4) is 0 Å². The highest BCUT2D eigenvalue weighted by atomic mass is 16.2. The van der Waals surface area contributed by atoms with Crippen molar-refractivity contribution >= 4 is 11.8 Å². The zero-order chi connectivity index (χ0) is 12.4. The number of hydrogen-bond acceptors (Lipinski definition) is 3. The fourth-order valence-corrected chi connectivity index (χ4v) is 1.91. The lowest BCUT2D eigenvalue weighted by Gasteiger charge is -2.26. The first-order valence-electron chi connectivity index (χ1n) is 5.62. The molecule has 0 unspecified atom stereocenters. The molecule has 0 atom stereocenters. The number of carbonyl (C=O) groups is 2. The van der Waals surface area contributed by atoms with E-state index in [0.717, 1.165) is 11.4 Å². The Morgan fingerprint density at radius 2 is 2.29 bits per heavy atom. The molecule has 1 saturated heterocycles. The van der Waals surface area contributed by atoms with Crippen LogP contribution in [-0.2, 0) is 16.1 Å². The molecule has 2 heterocycles. The van der Waals surface area contributed by atoms with Crippen molar-refractivity contribution in [2.45, 2.75) is 20.4 Å². The maximum Gasteiger partial charge on any atom is 0.244 e. The minimum atomic E-state index is -0.0991. The number of amides is 2. The minimum absolute atomic E-state index is 0.0638. The average Bonchev–Trinajstić information content (AvgIpc) is 2.57. The molecule has 1 aromatic rings. The summed E-state index contributed by atoms with van der Waals surface area (Å²) in [5.41, 5.74) is 1.85. The zero-order valence-corrected chi connectivity index (χ0v) is 10.1. The molecule has 1 fully saturated rings. The molecule has 0 aliphatic carbocycles. The summed E-state index contributed by atoms with van der Waals surface area (Å²) in [5.74, 6) is -0.163. The first-order chi connectivity index (χ1) is 8.06. The van der Waals surface area contributed by atoms with Gasteiger partial charge in [0, 0.05) is 18.8 Å². The number of carbonyl (C=O) groups excluding carboxylic acids is 2. The van der Waals surface area contributed by atoms with Crippen molar-refractivity contribution in [3.05, 3.63) is 17.5 Å². The topological polar surface area (TPSA) is 67.2 Å². The maximum absolute atomic E-state index is 12.0. The van der Waals surface area contributed by atoms with Crippen LogP contribution in [-0.4, -0.2) is 46.1 Å². The van der Waals surface area contributed by atoms with E-state index in [0.29, 0.717) is 13.1 Å². The molecule has 2 rings (SSSR count). The Morgan fingerprint density at radius 1 is 1.53 bits per heavy atom. The number of piperazine rings is 1. The van der Waals surface area contributed by atoms with Crippen molar-refractivity contribution in [1.82, 2.24) is 20.0 Å². The summed E-state index contributed by atoms with van der Waals surface area (Å²) in [6.45, 7) is 5.26. The van der Waals surface area contributed by atoms with Crippen LogP contribution in [0.1, 0.15) is 11.4 Å². The fraction of sp³-hybridized carbons (Fsp3) is 0.545. The van der Waals surface area contributed by atoms with Gasteiger partial charge in [0.15, 0.2) is 0 Å². The largest absolute Gasteiger partial charge is 0.353 e. The van der Waals surface area contributed by atoms with Crippen molar-refractivity contribution in [2.24, 2.45) is 0 Å². The van der Waals surface area contributed by atoms with E-state index in [1.807, 2.05) is 19.9 Å². The highest BCUT2D eigenvalue weighted by Crippen LogP contribution is 2.03. The van der Waals surface area contributed by atoms with Crippen molar-refractivity contribution in [3.8, 4) is 0 Å². The number of nitrogens with one attached hydrogen (secondary N) is 1. The first kappa shape index (κ1) is 11.6. The summed E-state index contributed by atoms with van der Waals surface area (Å²) in [7, 11) is 0. The maximum atomic E-state index is 12.0. The monoisotopic (exact) mass is 236 g/mol. The van der Waals surface area contributed by atoms with Gasteiger partial charge in [0.05, 0.1) is 12.2 Å². The highest BCUT2D eigenvalue weighted by molar-refractivity contribution is 5.85. The Kier molecular flexibility index (Phi) is 3.12. The third-order valence-corrected chi connectivity index (χ3v) is 2.78. The van der Waals surface area contributed by atoms with Gasteiger partial charge >= 0.3 is 0 Å². The van der Waals surface area contributed by atoms with Gasteiger partial charge in [-0.1, -0.05) is 0 Å². The molecule has 0 radical (unpaired) electrons. The minimum Gasteiger partial charge on any atom is -0.353 e. The predicted octanol–water partition coefficient (Wildman–Crippen LogP) is -0.542. The Bertz CT molecular complexity index is 452. The molecule has 1 aliphatic rings. The van der Waals surface area contributed by atoms with Crippen LogP contribution in [0.2, 0.25) is 0 Å². The molecular weight excluding hydrogens is 220 g/mol. The van der Waals surface area contributed by atoms with Gasteiger partial charge in [0.2, 0.25) is 11.8 Å². The van der Waals surface area contributed by atoms with E-state index >= 15 is 0 Å². The summed E-state index contributed by atoms with van der Waals surface area (Å²) in [5, 5.41) is 6.92. The molecule has 0 bridgehead atoms. The second-order valence-electron chi connectivity index (χ2n) is 4.25. The van der Waals surface area contributed by atoms with Crippen LogP contribution in [0.25, 0.3) is 0 Å². The third kappa shape index (κ3) is 2.64. The van der Waals surface area contributed by atoms with Gasteiger partial charge in [-0.2, -0.15) is 5.10 Å². The lowest BCUT2D eigenvalue weighted by atomic mass is 10.3. The Labute approximate surface area is 99.6 Å². The second-order valence-corrected chi connectivity index (χ2v) is 4.25. The van der Waals surface area contributed by atoms with Gasteiger partial charge in [0.25, 0.3) is 0 Å². The molecule has 0 saturated carbocycles. The highest BCUT2D eigenvalue weighted by Gasteiger charge is 2.21. The van der Waals surface area contributed by atoms with E-state index in [1.54, 1.807) is 9.58 Å². The molecule has 0 spiro atoms. The molecule has 6 heteroatoms. The lowest BCUT2D eigenvalue weighted by Crippen LogP contribution is -2.50. The van der Waals surface area contributed by atoms with Gasteiger partial charge in [-0.3, -0.25) is 14.3 Å². The summed E-state index contributed by atoms with van der Waals surface area (Å²) in [6.07, 6.45) is 0. The van der Waals surface area contributed by atoms with E-state index in [2.05, 4.69) is 10.4 Å². The van der Waals surface area contributed by atoms with Gasteiger partial charge < -0.3 is 10.2 Å². The standard InChI is InChI=1S/C11H16N4O2/c1-8-5-9(2)15(13-8)7-11(17)14-4-3-12-10(16)6-14/h5H,3-4,6-7H2,1-2H3,(H,12,16). The summed E-state index contributed by atoms with van der Waals surface area (Å²) in [6, 6.07) is 1.93. The van der Waals surface area contributed by atoms with Crippen LogP contribution < -0.4 is 5.32 Å². The Morgan fingerprint density at radius 3 is 2.88 bits per heavy atom. The quantitative estimate of drug-likeness (QED) is 0.749. The number of rotatable bonds is 2.